The average Bonchev–Trinajstić information content (AvgIpc) is 2.83. The molecule has 106 valence electrons. The van der Waals surface area contributed by atoms with Gasteiger partial charge in [-0.2, -0.15) is 0 Å². The fourth-order valence-corrected chi connectivity index (χ4v) is 3.08. The second-order valence-corrected chi connectivity index (χ2v) is 6.12. The second-order valence-electron chi connectivity index (χ2n) is 4.61. The van der Waals surface area contributed by atoms with Crippen LogP contribution in [0.2, 0.25) is 0 Å². The predicted octanol–water partition coefficient (Wildman–Crippen LogP) is 4.28. The number of aromatic nitrogens is 1. The SMILES string of the molecule is Cc1ccc2nc(NC(=O)c3ccc(F)c(S)c3)sc2c1. The highest BCUT2D eigenvalue weighted by molar-refractivity contribution is 7.80. The van der Waals surface area contributed by atoms with Crippen LogP contribution in [-0.2, 0) is 0 Å². The van der Waals surface area contributed by atoms with Crippen LogP contribution in [0.3, 0.4) is 0 Å². The van der Waals surface area contributed by atoms with Crippen molar-refractivity contribution in [3.8, 4) is 0 Å². The Morgan fingerprint density at radius 1 is 1.29 bits per heavy atom. The van der Waals surface area contributed by atoms with Gasteiger partial charge in [0.1, 0.15) is 5.82 Å². The van der Waals surface area contributed by atoms with Crippen molar-refractivity contribution >= 4 is 45.2 Å². The molecular weight excluding hydrogens is 307 g/mol. The number of hydrogen-bond acceptors (Lipinski definition) is 4. The van der Waals surface area contributed by atoms with Gasteiger partial charge < -0.3 is 0 Å². The van der Waals surface area contributed by atoms with Gasteiger partial charge in [-0.05, 0) is 42.8 Å². The Morgan fingerprint density at radius 3 is 2.86 bits per heavy atom. The van der Waals surface area contributed by atoms with Crippen molar-refractivity contribution in [2.24, 2.45) is 0 Å². The summed E-state index contributed by atoms with van der Waals surface area (Å²) in [5, 5.41) is 3.24. The Labute approximate surface area is 130 Å². The summed E-state index contributed by atoms with van der Waals surface area (Å²) in [7, 11) is 0. The molecule has 1 heterocycles. The van der Waals surface area contributed by atoms with Crippen molar-refractivity contribution < 1.29 is 9.18 Å². The third-order valence-corrected chi connectivity index (χ3v) is 4.25. The smallest absolute Gasteiger partial charge is 0.257 e. The van der Waals surface area contributed by atoms with E-state index < -0.39 is 5.82 Å². The molecule has 1 aromatic heterocycles. The second kappa shape index (κ2) is 5.46. The van der Waals surface area contributed by atoms with E-state index >= 15 is 0 Å². The number of amides is 1. The van der Waals surface area contributed by atoms with E-state index in [-0.39, 0.29) is 10.8 Å². The van der Waals surface area contributed by atoms with Gasteiger partial charge in [0.15, 0.2) is 5.13 Å². The zero-order chi connectivity index (χ0) is 15.0. The predicted molar refractivity (Wildman–Crippen MR) is 86.0 cm³/mol. The van der Waals surface area contributed by atoms with Gasteiger partial charge in [-0.3, -0.25) is 10.1 Å². The number of fused-ring (bicyclic) bond motifs is 1. The van der Waals surface area contributed by atoms with Crippen molar-refractivity contribution in [2.75, 3.05) is 5.32 Å². The molecule has 0 aliphatic heterocycles. The Hall–Kier alpha value is -1.92. The van der Waals surface area contributed by atoms with E-state index in [0.29, 0.717) is 10.7 Å². The van der Waals surface area contributed by atoms with Gasteiger partial charge in [0, 0.05) is 10.5 Å². The molecule has 3 aromatic rings. The number of hydrogen-bond donors (Lipinski definition) is 2. The summed E-state index contributed by atoms with van der Waals surface area (Å²) in [6.07, 6.45) is 0. The van der Waals surface area contributed by atoms with Crippen molar-refractivity contribution in [3.63, 3.8) is 0 Å². The number of aryl methyl sites for hydroxylation is 1. The summed E-state index contributed by atoms with van der Waals surface area (Å²) in [5.41, 5.74) is 2.33. The number of benzene rings is 2. The number of carbonyl (C=O) groups is 1. The molecular formula is C15H11FN2OS2. The van der Waals surface area contributed by atoms with E-state index in [2.05, 4.69) is 22.9 Å². The van der Waals surface area contributed by atoms with Gasteiger partial charge in [0.2, 0.25) is 0 Å². The zero-order valence-corrected chi connectivity index (χ0v) is 12.8. The molecule has 0 aliphatic carbocycles. The molecule has 21 heavy (non-hydrogen) atoms. The van der Waals surface area contributed by atoms with Gasteiger partial charge in [-0.1, -0.05) is 17.4 Å². The minimum absolute atomic E-state index is 0.141. The van der Waals surface area contributed by atoms with E-state index in [1.165, 1.54) is 29.5 Å². The monoisotopic (exact) mass is 318 g/mol. The number of nitrogens with zero attached hydrogens (tertiary/aromatic N) is 1. The molecule has 2 aromatic carbocycles. The van der Waals surface area contributed by atoms with Crippen LogP contribution in [0.1, 0.15) is 15.9 Å². The Balaban J connectivity index is 1.87. The molecule has 1 amide bonds. The molecule has 0 spiro atoms. The molecule has 3 nitrogen and oxygen atoms in total. The first-order valence-corrected chi connectivity index (χ1v) is 7.46. The molecule has 0 radical (unpaired) electrons. The summed E-state index contributed by atoms with van der Waals surface area (Å²) in [5.74, 6) is -0.786. The molecule has 0 saturated carbocycles. The maximum Gasteiger partial charge on any atom is 0.257 e. The number of halogens is 1. The van der Waals surface area contributed by atoms with E-state index in [0.717, 1.165) is 15.8 Å². The van der Waals surface area contributed by atoms with Crippen LogP contribution in [0.25, 0.3) is 10.2 Å². The minimum Gasteiger partial charge on any atom is -0.298 e. The summed E-state index contributed by atoms with van der Waals surface area (Å²) in [6.45, 7) is 2.00. The molecule has 3 rings (SSSR count). The van der Waals surface area contributed by atoms with Crippen LogP contribution < -0.4 is 5.32 Å². The van der Waals surface area contributed by atoms with E-state index in [9.17, 15) is 9.18 Å². The molecule has 0 saturated heterocycles. The average molecular weight is 318 g/mol. The number of rotatable bonds is 2. The first-order chi connectivity index (χ1) is 10.0. The Morgan fingerprint density at radius 2 is 2.10 bits per heavy atom. The lowest BCUT2D eigenvalue weighted by atomic mass is 10.2. The molecule has 0 bridgehead atoms. The van der Waals surface area contributed by atoms with E-state index in [4.69, 9.17) is 0 Å². The highest BCUT2D eigenvalue weighted by Gasteiger charge is 2.11. The largest absolute Gasteiger partial charge is 0.298 e. The fraction of sp³-hybridized carbons (Fsp3) is 0.0667. The molecule has 0 atom stereocenters. The van der Waals surface area contributed by atoms with Crippen LogP contribution in [0.4, 0.5) is 9.52 Å². The topological polar surface area (TPSA) is 42.0 Å². The van der Waals surface area contributed by atoms with Gasteiger partial charge in [-0.15, -0.1) is 12.6 Å². The lowest BCUT2D eigenvalue weighted by Crippen LogP contribution is -2.11. The first kappa shape index (κ1) is 14.0. The van der Waals surface area contributed by atoms with Crippen LogP contribution >= 0.6 is 24.0 Å². The maximum atomic E-state index is 13.1. The number of carbonyl (C=O) groups excluding carboxylic acids is 1. The number of anilines is 1. The zero-order valence-electron chi connectivity index (χ0n) is 11.1. The third-order valence-electron chi connectivity index (χ3n) is 2.97. The molecule has 0 unspecified atom stereocenters. The Kier molecular flexibility index (Phi) is 3.65. The summed E-state index contributed by atoms with van der Waals surface area (Å²) in [4.78, 5) is 16.6. The molecule has 1 N–H and O–H groups in total. The van der Waals surface area contributed by atoms with Gasteiger partial charge in [0.05, 0.1) is 10.2 Å². The maximum absolute atomic E-state index is 13.1. The van der Waals surface area contributed by atoms with Gasteiger partial charge >= 0.3 is 0 Å². The van der Waals surface area contributed by atoms with Gasteiger partial charge in [-0.25, -0.2) is 9.37 Å². The van der Waals surface area contributed by atoms with Gasteiger partial charge in [0.25, 0.3) is 5.91 Å². The lowest BCUT2D eigenvalue weighted by Gasteiger charge is -2.02. The molecule has 0 aliphatic rings. The Bertz CT molecular complexity index is 845. The first-order valence-electron chi connectivity index (χ1n) is 6.20. The summed E-state index contributed by atoms with van der Waals surface area (Å²) < 4.78 is 14.2. The normalized spacial score (nSPS) is 10.8. The highest BCUT2D eigenvalue weighted by atomic mass is 32.1. The lowest BCUT2D eigenvalue weighted by molar-refractivity contribution is 0.102. The quantitative estimate of drug-likeness (QED) is 0.692. The highest BCUT2D eigenvalue weighted by Crippen LogP contribution is 2.27. The fourth-order valence-electron chi connectivity index (χ4n) is 1.91. The van der Waals surface area contributed by atoms with Crippen molar-refractivity contribution in [2.45, 2.75) is 11.8 Å². The van der Waals surface area contributed by atoms with Crippen LogP contribution in [-0.4, -0.2) is 10.9 Å². The minimum atomic E-state index is -0.453. The molecule has 0 fully saturated rings. The summed E-state index contributed by atoms with van der Waals surface area (Å²) >= 11 is 5.38. The third kappa shape index (κ3) is 2.91. The van der Waals surface area contributed by atoms with E-state index in [1.807, 2.05) is 25.1 Å². The number of thiol groups is 1. The van der Waals surface area contributed by atoms with Crippen molar-refractivity contribution in [1.29, 1.82) is 0 Å². The number of thiazole rings is 1. The van der Waals surface area contributed by atoms with Crippen molar-refractivity contribution in [3.05, 3.63) is 53.3 Å². The van der Waals surface area contributed by atoms with Crippen LogP contribution in [0.15, 0.2) is 41.3 Å². The summed E-state index contributed by atoms with van der Waals surface area (Å²) in [6, 6.07) is 9.94. The molecule has 6 heteroatoms. The number of nitrogens with one attached hydrogen (secondary N) is 1. The van der Waals surface area contributed by atoms with E-state index in [1.54, 1.807) is 0 Å². The van der Waals surface area contributed by atoms with Crippen molar-refractivity contribution in [1.82, 2.24) is 4.98 Å². The standard InChI is InChI=1S/C15H11FN2OS2/c1-8-2-5-11-13(6-8)21-15(17-11)18-14(19)9-3-4-10(16)12(20)7-9/h2-7,20H,1H3,(H,17,18,19). The van der Waals surface area contributed by atoms with Crippen LogP contribution in [0, 0.1) is 12.7 Å². The van der Waals surface area contributed by atoms with Crippen LogP contribution in [0.5, 0.6) is 0 Å².